The number of phenols is 1. The van der Waals surface area contributed by atoms with Crippen LogP contribution in [0.25, 0.3) is 10.6 Å². The molecule has 0 aliphatic carbocycles. The average Bonchev–Trinajstić information content (AvgIpc) is 3.81. The molecule has 1 unspecified atom stereocenters. The first-order valence-electron chi connectivity index (χ1n) is 16.2. The second-order valence-corrected chi connectivity index (χ2v) is 15.7. The van der Waals surface area contributed by atoms with Gasteiger partial charge in [-0.2, -0.15) is 8.42 Å². The fraction of sp³-hybridized carbons (Fsp3) is 0.250. The number of nitrogens with two attached hydrogens (primary N) is 1. The summed E-state index contributed by atoms with van der Waals surface area (Å²) in [5.41, 5.74) is 8.48. The van der Waals surface area contributed by atoms with Crippen LogP contribution in [-0.4, -0.2) is 72.2 Å². The van der Waals surface area contributed by atoms with Crippen molar-refractivity contribution in [1.82, 2.24) is 10.1 Å². The summed E-state index contributed by atoms with van der Waals surface area (Å²) in [6, 6.07) is 21.2. The van der Waals surface area contributed by atoms with E-state index in [1.54, 1.807) is 36.4 Å². The third-order valence-corrected chi connectivity index (χ3v) is 11.7. The van der Waals surface area contributed by atoms with Crippen molar-refractivity contribution in [2.75, 3.05) is 25.5 Å². The minimum atomic E-state index is -4.16. The van der Waals surface area contributed by atoms with Crippen LogP contribution in [0.5, 0.6) is 11.5 Å². The first-order chi connectivity index (χ1) is 24.4. The minimum absolute atomic E-state index is 0.0167. The number of likely N-dealkylation sites (tertiary alicyclic amines) is 1. The smallest absolute Gasteiger partial charge is 0.348 e. The van der Waals surface area contributed by atoms with E-state index in [0.29, 0.717) is 45.8 Å². The molecular formula is C36H37FN5O7S2+. The van der Waals surface area contributed by atoms with Crippen LogP contribution in [0.3, 0.4) is 0 Å². The maximum Gasteiger partial charge on any atom is 0.348 e. The van der Waals surface area contributed by atoms with E-state index in [4.69, 9.17) is 14.4 Å². The van der Waals surface area contributed by atoms with Crippen molar-refractivity contribution in [1.29, 1.82) is 0 Å². The Hall–Kier alpha value is -5.25. The number of urea groups is 1. The molecule has 51 heavy (non-hydrogen) atoms. The fourth-order valence-corrected chi connectivity index (χ4v) is 8.60. The van der Waals surface area contributed by atoms with E-state index in [9.17, 15) is 27.5 Å². The highest BCUT2D eigenvalue weighted by atomic mass is 32.3. The van der Waals surface area contributed by atoms with Crippen LogP contribution in [0.1, 0.15) is 24.0 Å². The number of aromatic nitrogens is 1. The Morgan fingerprint density at radius 1 is 1.06 bits per heavy atom. The van der Waals surface area contributed by atoms with Gasteiger partial charge in [0.25, 0.3) is 0 Å². The summed E-state index contributed by atoms with van der Waals surface area (Å²) < 4.78 is 50.3. The number of piperidine rings is 1. The number of nitrogens with one attached hydrogen (secondary N) is 1. The van der Waals surface area contributed by atoms with Gasteiger partial charge in [0.1, 0.15) is 41.9 Å². The van der Waals surface area contributed by atoms with E-state index >= 15 is 0 Å². The van der Waals surface area contributed by atoms with Gasteiger partial charge in [-0.25, -0.2) is 9.18 Å². The lowest BCUT2D eigenvalue weighted by atomic mass is 9.96. The number of primary amides is 1. The van der Waals surface area contributed by atoms with Crippen molar-refractivity contribution in [2.24, 2.45) is 5.73 Å². The predicted molar refractivity (Wildman–Crippen MR) is 189 cm³/mol. The van der Waals surface area contributed by atoms with Crippen LogP contribution >= 0.6 is 11.3 Å². The van der Waals surface area contributed by atoms with Crippen molar-refractivity contribution < 1.29 is 40.7 Å². The summed E-state index contributed by atoms with van der Waals surface area (Å²) in [7, 11) is -2.09. The molecule has 1 aliphatic heterocycles. The summed E-state index contributed by atoms with van der Waals surface area (Å²) in [6.07, 6.45) is 2.90. The summed E-state index contributed by atoms with van der Waals surface area (Å²) >= 11 is 0.987. The van der Waals surface area contributed by atoms with Crippen LogP contribution in [0, 0.1) is 5.82 Å². The topological polar surface area (TPSA) is 165 Å². The number of phenolic OH excluding ortho intramolecular Hbond substituents is 1. The highest BCUT2D eigenvalue weighted by molar-refractivity contribution is 7.89. The summed E-state index contributed by atoms with van der Waals surface area (Å²) in [5, 5.41) is 16.5. The van der Waals surface area contributed by atoms with Gasteiger partial charge in [-0.15, -0.1) is 11.3 Å². The van der Waals surface area contributed by atoms with Crippen LogP contribution in [0.4, 0.5) is 14.9 Å². The molecule has 266 valence electrons. The lowest BCUT2D eigenvalue weighted by Gasteiger charge is -2.46. The Labute approximate surface area is 298 Å². The molecule has 2 aromatic heterocycles. The largest absolute Gasteiger partial charge is 0.508 e. The molecule has 0 bridgehead atoms. The highest BCUT2D eigenvalue weighted by Gasteiger charge is 2.41. The van der Waals surface area contributed by atoms with E-state index in [1.165, 1.54) is 65.8 Å². The second kappa shape index (κ2) is 14.9. The molecule has 3 atom stereocenters. The molecule has 3 amide bonds. The van der Waals surface area contributed by atoms with Gasteiger partial charge in [-0.1, -0.05) is 29.4 Å². The number of aromatic hydroxyl groups is 1. The lowest BCUT2D eigenvalue weighted by molar-refractivity contribution is -0.928. The Morgan fingerprint density at radius 3 is 2.43 bits per heavy atom. The number of anilines is 1. The third-order valence-electron chi connectivity index (χ3n) is 8.85. The van der Waals surface area contributed by atoms with Crippen LogP contribution in [0.15, 0.2) is 106 Å². The SMILES string of the molecule is C[N+]1(Cc2ccc(F)cc2)CCC[C@H](N(C(=O)Nc2ccc(OS(=O)(=O)c3ccc(-c4ccon4)s3)cc2)[C@@H](Cc2ccc(O)cc2)C(N)=O)C1. The number of nitrogens with zero attached hydrogens (tertiary/aromatic N) is 3. The molecule has 0 saturated carbocycles. The zero-order chi connectivity index (χ0) is 36.2. The molecule has 4 N–H and O–H groups in total. The number of hydrogen-bond acceptors (Lipinski definition) is 9. The molecule has 3 aromatic carbocycles. The van der Waals surface area contributed by atoms with Crippen molar-refractivity contribution in [2.45, 2.75) is 42.1 Å². The molecule has 1 aliphatic rings. The van der Waals surface area contributed by atoms with Gasteiger partial charge < -0.3 is 34.2 Å². The minimum Gasteiger partial charge on any atom is -0.508 e. The molecule has 1 fully saturated rings. The van der Waals surface area contributed by atoms with Crippen molar-refractivity contribution in [3.63, 3.8) is 0 Å². The van der Waals surface area contributed by atoms with E-state index in [0.717, 1.165) is 29.9 Å². The zero-order valence-corrected chi connectivity index (χ0v) is 29.3. The maximum absolute atomic E-state index is 14.2. The second-order valence-electron chi connectivity index (χ2n) is 12.8. The first-order valence-corrected chi connectivity index (χ1v) is 18.4. The Kier molecular flexibility index (Phi) is 10.4. The number of likely N-dealkylation sites (N-methyl/N-ethyl adjacent to an activating group) is 1. The van der Waals surface area contributed by atoms with Gasteiger partial charge in [-0.05, 0) is 79.1 Å². The Morgan fingerprint density at radius 2 is 1.76 bits per heavy atom. The third kappa shape index (κ3) is 8.74. The standard InChI is InChI=1S/C36H36FN5O7S2/c1-42(22-25-4-8-26(37)9-5-25)19-2-3-28(23-42)41(32(35(38)44)21-24-6-12-29(43)13-7-24)36(45)39-27-10-14-30(15-11-27)49-51(46,47)34-17-16-33(50-34)31-18-20-48-40-31/h4-18,20,28,32H,2-3,19,21-23H2,1H3,(H3-,38,39,43,44,45)/p+1/t28-,32-,42?/m0/s1. The number of thiophene rings is 1. The normalized spacial score (nSPS) is 18.1. The summed E-state index contributed by atoms with van der Waals surface area (Å²) in [6.45, 7) is 1.93. The number of rotatable bonds is 12. The number of carbonyl (C=O) groups is 2. The van der Waals surface area contributed by atoms with Gasteiger partial charge in [0.2, 0.25) is 5.91 Å². The summed E-state index contributed by atoms with van der Waals surface area (Å²) in [5.74, 6) is -0.909. The molecule has 5 aromatic rings. The number of benzene rings is 3. The number of halogens is 1. The molecule has 0 spiro atoms. The molecule has 6 rings (SSSR count). The predicted octanol–water partition coefficient (Wildman–Crippen LogP) is 5.76. The van der Waals surface area contributed by atoms with Gasteiger partial charge in [-0.3, -0.25) is 4.79 Å². The van der Waals surface area contributed by atoms with Crippen molar-refractivity contribution in [3.8, 4) is 22.1 Å². The molecular weight excluding hydrogens is 698 g/mol. The number of carbonyl (C=O) groups excluding carboxylic acids is 2. The van der Waals surface area contributed by atoms with Crippen LogP contribution in [0.2, 0.25) is 0 Å². The highest BCUT2D eigenvalue weighted by Crippen LogP contribution is 2.32. The van der Waals surface area contributed by atoms with Crippen LogP contribution < -0.4 is 15.2 Å². The Bertz CT molecular complexity index is 2070. The molecule has 0 radical (unpaired) electrons. The van der Waals surface area contributed by atoms with E-state index in [-0.39, 0.29) is 34.0 Å². The molecule has 3 heterocycles. The zero-order valence-electron chi connectivity index (χ0n) is 27.6. The fourth-order valence-electron chi connectivity index (χ4n) is 6.44. The maximum atomic E-state index is 14.2. The van der Waals surface area contributed by atoms with E-state index in [1.807, 2.05) is 0 Å². The molecule has 12 nitrogen and oxygen atoms in total. The molecule has 15 heteroatoms. The average molecular weight is 735 g/mol. The van der Waals surface area contributed by atoms with E-state index < -0.39 is 28.1 Å². The van der Waals surface area contributed by atoms with E-state index in [2.05, 4.69) is 17.5 Å². The number of hydrogen-bond donors (Lipinski definition) is 3. The first kappa shape index (κ1) is 35.6. The van der Waals surface area contributed by atoms with Gasteiger partial charge in [0.05, 0.1) is 31.1 Å². The lowest BCUT2D eigenvalue weighted by Crippen LogP contribution is -2.62. The number of quaternary nitrogens is 1. The van der Waals surface area contributed by atoms with Gasteiger partial charge in [0.15, 0.2) is 4.21 Å². The van der Waals surface area contributed by atoms with Gasteiger partial charge in [0, 0.05) is 23.7 Å². The number of amides is 3. The Balaban J connectivity index is 1.21. The van der Waals surface area contributed by atoms with Crippen molar-refractivity contribution >= 4 is 39.1 Å². The van der Waals surface area contributed by atoms with Crippen LogP contribution in [-0.2, 0) is 27.9 Å². The summed E-state index contributed by atoms with van der Waals surface area (Å²) in [4.78, 5) is 29.4. The van der Waals surface area contributed by atoms with Gasteiger partial charge >= 0.3 is 16.1 Å². The van der Waals surface area contributed by atoms with Crippen molar-refractivity contribution in [3.05, 3.63) is 114 Å². The quantitative estimate of drug-likeness (QED) is 0.108. The monoisotopic (exact) mass is 734 g/mol. The molecule has 1 saturated heterocycles.